The summed E-state index contributed by atoms with van der Waals surface area (Å²) in [5.74, 6) is 0. The van der Waals surface area contributed by atoms with Crippen LogP contribution < -0.4 is 0 Å². The lowest BCUT2D eigenvalue weighted by atomic mass is 9.87. The summed E-state index contributed by atoms with van der Waals surface area (Å²) in [7, 11) is 0. The molecule has 3 rings (SSSR count). The zero-order valence-electron chi connectivity index (χ0n) is 14.0. The molecule has 114 valence electrons. The fourth-order valence-electron chi connectivity index (χ4n) is 3.09. The zero-order valence-corrected chi connectivity index (χ0v) is 16.2. The fourth-order valence-corrected chi connectivity index (χ4v) is 3.45. The van der Waals surface area contributed by atoms with Crippen molar-refractivity contribution in [3.63, 3.8) is 0 Å². The average Bonchev–Trinajstić information content (AvgIpc) is 2.68. The van der Waals surface area contributed by atoms with E-state index in [2.05, 4.69) is 106 Å². The van der Waals surface area contributed by atoms with Crippen LogP contribution in [0.5, 0.6) is 0 Å². The van der Waals surface area contributed by atoms with Crippen molar-refractivity contribution in [3.05, 3.63) is 57.7 Å². The normalized spacial score (nSPS) is 24.6. The Bertz CT molecular complexity index is 688. The van der Waals surface area contributed by atoms with Gasteiger partial charge in [0, 0.05) is 5.41 Å². The van der Waals surface area contributed by atoms with Gasteiger partial charge in [-0.15, -0.1) is 0 Å². The van der Waals surface area contributed by atoms with Gasteiger partial charge in [0.15, 0.2) is 0 Å². The molecule has 0 radical (unpaired) electrons. The zero-order chi connectivity index (χ0) is 16.1. The van der Waals surface area contributed by atoms with E-state index in [9.17, 15) is 0 Å². The summed E-state index contributed by atoms with van der Waals surface area (Å²) >= 11 is 2.50. The number of halogens is 1. The van der Waals surface area contributed by atoms with Crippen molar-refractivity contribution in [2.24, 2.45) is 5.41 Å². The van der Waals surface area contributed by atoms with Crippen LogP contribution in [0.25, 0.3) is 24.3 Å². The molecule has 0 bridgehead atoms. The van der Waals surface area contributed by atoms with Crippen LogP contribution in [0.4, 0.5) is 0 Å². The molecule has 0 N–H and O–H groups in total. The van der Waals surface area contributed by atoms with E-state index in [-0.39, 0.29) is 8.84 Å². The second-order valence-electron chi connectivity index (χ2n) is 7.21. The molecular formula is C21H23I. The van der Waals surface area contributed by atoms with Crippen molar-refractivity contribution in [1.82, 2.24) is 0 Å². The third kappa shape index (κ3) is 2.76. The summed E-state index contributed by atoms with van der Waals surface area (Å²) in [5.41, 5.74) is 8.33. The highest BCUT2D eigenvalue weighted by Crippen LogP contribution is 2.38. The standard InChI is InChI=1S/C21H23I/c1-14-15(2)17-8-12-21(5,22)13-9-19(17)18-7-11-20(3,4)10-6-16(14)18/h6-13H,1-5H3. The molecule has 22 heavy (non-hydrogen) atoms. The van der Waals surface area contributed by atoms with Crippen molar-refractivity contribution >= 4 is 46.9 Å². The maximum atomic E-state index is 2.50. The molecule has 1 atom stereocenters. The van der Waals surface area contributed by atoms with Gasteiger partial charge in [0.1, 0.15) is 0 Å². The third-order valence-corrected chi connectivity index (χ3v) is 5.47. The van der Waals surface area contributed by atoms with E-state index in [0.717, 1.165) is 0 Å². The van der Waals surface area contributed by atoms with Crippen molar-refractivity contribution in [2.45, 2.75) is 38.0 Å². The second-order valence-corrected chi connectivity index (χ2v) is 9.53. The van der Waals surface area contributed by atoms with Gasteiger partial charge in [-0.25, -0.2) is 0 Å². The monoisotopic (exact) mass is 402 g/mol. The summed E-state index contributed by atoms with van der Waals surface area (Å²) < 4.78 is 0.0769. The number of hydrogen-bond acceptors (Lipinski definition) is 0. The quantitative estimate of drug-likeness (QED) is 0.339. The first-order chi connectivity index (χ1) is 10.2. The number of rotatable bonds is 0. The Labute approximate surface area is 147 Å². The molecule has 1 heteroatoms. The minimum Gasteiger partial charge on any atom is -0.0745 e. The predicted molar refractivity (Wildman–Crippen MR) is 108 cm³/mol. The van der Waals surface area contributed by atoms with Crippen LogP contribution >= 0.6 is 22.6 Å². The highest BCUT2D eigenvalue weighted by atomic mass is 127. The molecule has 0 aliphatic heterocycles. The summed E-state index contributed by atoms with van der Waals surface area (Å²) in [6.07, 6.45) is 18.5. The van der Waals surface area contributed by atoms with E-state index in [0.29, 0.717) is 0 Å². The first-order valence-corrected chi connectivity index (χ1v) is 8.91. The van der Waals surface area contributed by atoms with Crippen LogP contribution in [0.15, 0.2) is 24.3 Å². The van der Waals surface area contributed by atoms with E-state index < -0.39 is 0 Å². The van der Waals surface area contributed by atoms with Crippen molar-refractivity contribution in [2.75, 3.05) is 0 Å². The smallest absolute Gasteiger partial charge is 0.0558 e. The van der Waals surface area contributed by atoms with Gasteiger partial charge in [-0.05, 0) is 54.2 Å². The number of allylic oxidation sites excluding steroid dienone is 4. The summed E-state index contributed by atoms with van der Waals surface area (Å²) in [6, 6.07) is 0. The Kier molecular flexibility index (Phi) is 3.75. The van der Waals surface area contributed by atoms with Crippen LogP contribution in [-0.2, 0) is 0 Å². The second kappa shape index (κ2) is 5.23. The molecule has 2 aliphatic rings. The van der Waals surface area contributed by atoms with Gasteiger partial charge in [-0.1, -0.05) is 85.0 Å². The maximum absolute atomic E-state index is 2.50. The van der Waals surface area contributed by atoms with Gasteiger partial charge in [0.25, 0.3) is 0 Å². The molecule has 0 aromatic heterocycles. The fraction of sp³-hybridized carbons (Fsp3) is 0.333. The largest absolute Gasteiger partial charge is 0.0745 e. The van der Waals surface area contributed by atoms with E-state index in [4.69, 9.17) is 0 Å². The number of alkyl halides is 1. The van der Waals surface area contributed by atoms with Gasteiger partial charge in [0.05, 0.1) is 3.42 Å². The van der Waals surface area contributed by atoms with Crippen LogP contribution in [0.3, 0.4) is 0 Å². The van der Waals surface area contributed by atoms with Gasteiger partial charge >= 0.3 is 0 Å². The lowest BCUT2D eigenvalue weighted by molar-refractivity contribution is 0.633. The number of fused-ring (bicyclic) bond motifs is 3. The molecule has 0 heterocycles. The summed E-state index contributed by atoms with van der Waals surface area (Å²) in [5, 5.41) is 0. The Balaban J connectivity index is 2.35. The van der Waals surface area contributed by atoms with Gasteiger partial charge in [0.2, 0.25) is 0 Å². The Morgan fingerprint density at radius 1 is 0.636 bits per heavy atom. The lowest BCUT2D eigenvalue weighted by Gasteiger charge is -2.17. The van der Waals surface area contributed by atoms with Crippen molar-refractivity contribution in [1.29, 1.82) is 0 Å². The molecule has 0 saturated heterocycles. The van der Waals surface area contributed by atoms with E-state index in [1.165, 1.54) is 33.4 Å². The molecular weight excluding hydrogens is 379 g/mol. The molecule has 2 aliphatic carbocycles. The Morgan fingerprint density at radius 3 is 1.50 bits per heavy atom. The van der Waals surface area contributed by atoms with Crippen LogP contribution in [0.1, 0.15) is 54.2 Å². The predicted octanol–water partition coefficient (Wildman–Crippen LogP) is 6.60. The minimum atomic E-state index is 0.0769. The van der Waals surface area contributed by atoms with E-state index >= 15 is 0 Å². The summed E-state index contributed by atoms with van der Waals surface area (Å²) in [6.45, 7) is 11.2. The third-order valence-electron chi connectivity index (χ3n) is 4.75. The van der Waals surface area contributed by atoms with Crippen molar-refractivity contribution in [3.8, 4) is 0 Å². The van der Waals surface area contributed by atoms with Crippen molar-refractivity contribution < 1.29 is 0 Å². The van der Waals surface area contributed by atoms with Crippen LogP contribution in [-0.4, -0.2) is 3.42 Å². The highest BCUT2D eigenvalue weighted by Gasteiger charge is 2.22. The Hall–Kier alpha value is -1.09. The molecule has 0 amide bonds. The maximum Gasteiger partial charge on any atom is 0.0558 e. The Morgan fingerprint density at radius 2 is 1.00 bits per heavy atom. The molecule has 0 fully saturated rings. The van der Waals surface area contributed by atoms with Crippen LogP contribution in [0, 0.1) is 19.3 Å². The van der Waals surface area contributed by atoms with Gasteiger partial charge < -0.3 is 0 Å². The molecule has 0 saturated carbocycles. The highest BCUT2D eigenvalue weighted by molar-refractivity contribution is 14.1. The van der Waals surface area contributed by atoms with Gasteiger partial charge in [-0.2, -0.15) is 0 Å². The molecule has 0 spiro atoms. The SMILES string of the molecule is Cc1c(C)c2c(c3c1C=CC(C)(C)C=C3)C=CC(C)(I)C=C2. The molecule has 1 aromatic carbocycles. The molecule has 1 unspecified atom stereocenters. The van der Waals surface area contributed by atoms with E-state index in [1.807, 2.05) is 0 Å². The molecule has 1 aromatic rings. The first kappa shape index (κ1) is 15.8. The van der Waals surface area contributed by atoms with Crippen LogP contribution in [0.2, 0.25) is 0 Å². The topological polar surface area (TPSA) is 0 Å². The average molecular weight is 402 g/mol. The first-order valence-electron chi connectivity index (χ1n) is 7.83. The number of benzene rings is 1. The van der Waals surface area contributed by atoms with E-state index in [1.54, 1.807) is 0 Å². The van der Waals surface area contributed by atoms with Gasteiger partial charge in [-0.3, -0.25) is 0 Å². The molecule has 0 nitrogen and oxygen atoms in total. The lowest BCUT2D eigenvalue weighted by Crippen LogP contribution is -2.04. The summed E-state index contributed by atoms with van der Waals surface area (Å²) in [4.78, 5) is 0. The number of hydrogen-bond donors (Lipinski definition) is 0. The minimum absolute atomic E-state index is 0.0769.